The number of hydrogen-bond donors (Lipinski definition) is 0. The van der Waals surface area contributed by atoms with Crippen LogP contribution in [-0.4, -0.2) is 57.0 Å². The van der Waals surface area contributed by atoms with E-state index in [9.17, 15) is 4.79 Å². The molecular formula is C73H18NO3+. The minimum Gasteiger partial charge on any atom is -0.459 e. The van der Waals surface area contributed by atoms with Crippen LogP contribution in [0.4, 0.5) is 0 Å². The number of allylic oxidation sites excluding steroid dienone is 1. The normalized spacial score (nSPS) is 24.0. The lowest BCUT2D eigenvalue weighted by molar-refractivity contribution is -0.900. The Hall–Kier alpha value is -8.89. The molecule has 2 spiro atoms. The van der Waals surface area contributed by atoms with Crippen molar-refractivity contribution in [3.63, 3.8) is 0 Å². The summed E-state index contributed by atoms with van der Waals surface area (Å²) in [5.74, 6) is -0.322. The first-order valence-corrected chi connectivity index (χ1v) is 28.6. The van der Waals surface area contributed by atoms with Crippen molar-refractivity contribution in [2.24, 2.45) is 0 Å². The number of quaternary nitrogens is 1. The second-order valence-corrected chi connectivity index (χ2v) is 28.1. The number of carbonyl (C=O) groups excluding carboxylic acids is 1. The van der Waals surface area contributed by atoms with Crippen LogP contribution in [0.5, 0.6) is 0 Å². The van der Waals surface area contributed by atoms with Crippen LogP contribution in [0.1, 0.15) is 22.3 Å². The van der Waals surface area contributed by atoms with Crippen molar-refractivity contribution in [1.82, 2.24) is 0 Å². The van der Waals surface area contributed by atoms with Gasteiger partial charge in [0, 0.05) is 0 Å². The van der Waals surface area contributed by atoms with E-state index in [1.807, 2.05) is 6.08 Å². The van der Waals surface area contributed by atoms with Gasteiger partial charge in [-0.2, -0.15) is 0 Å². The van der Waals surface area contributed by atoms with Gasteiger partial charge < -0.3 is 14.0 Å². The number of benzene rings is 18. The molecule has 4 nitrogen and oxygen atoms in total. The van der Waals surface area contributed by atoms with Crippen molar-refractivity contribution < 1.29 is 18.8 Å². The number of likely N-dealkylation sites (N-methyl/N-ethyl adjacent to an activating group) is 1. The molecule has 1 fully saturated rings. The summed E-state index contributed by atoms with van der Waals surface area (Å²) in [5, 5.41) is 89.3. The lowest BCUT2D eigenvalue weighted by Gasteiger charge is -2.47. The maximum absolute atomic E-state index is 12.9. The van der Waals surface area contributed by atoms with Gasteiger partial charge in [0.05, 0.1) is 44.2 Å². The molecule has 1 saturated heterocycles. The summed E-state index contributed by atoms with van der Waals surface area (Å²) < 4.78 is 13.3. The minimum atomic E-state index is -0.322. The number of rotatable bonds is 7. The fourth-order valence-electron chi connectivity index (χ4n) is 26.6. The van der Waals surface area contributed by atoms with Gasteiger partial charge in [-0.3, -0.25) is 0 Å². The average Bonchev–Trinajstić information content (AvgIpc) is 1.63. The third-order valence-corrected chi connectivity index (χ3v) is 27.0. The smallest absolute Gasteiger partial charge is 0.346 e. The van der Waals surface area contributed by atoms with Gasteiger partial charge in [-0.15, -0.1) is 5.73 Å². The summed E-state index contributed by atoms with van der Waals surface area (Å²) in [6, 6.07) is 0. The van der Waals surface area contributed by atoms with Crippen LogP contribution in [0.15, 0.2) is 29.5 Å². The fraction of sp³-hybridized carbons (Fsp3) is 0.123. The van der Waals surface area contributed by atoms with Crippen LogP contribution in [0.3, 0.4) is 0 Å². The molecule has 1 heterocycles. The zero-order chi connectivity index (χ0) is 46.6. The highest BCUT2D eigenvalue weighted by Crippen LogP contribution is 2.85. The van der Waals surface area contributed by atoms with E-state index in [2.05, 4.69) is 12.8 Å². The van der Waals surface area contributed by atoms with E-state index in [-0.39, 0.29) is 23.4 Å². The summed E-state index contributed by atoms with van der Waals surface area (Å²) in [6.45, 7) is 4.31. The topological polar surface area (TPSA) is 35.5 Å². The molecule has 4 heteroatoms. The van der Waals surface area contributed by atoms with Crippen molar-refractivity contribution in [1.29, 1.82) is 0 Å². The second-order valence-electron chi connectivity index (χ2n) is 28.1. The van der Waals surface area contributed by atoms with Gasteiger partial charge in [0.25, 0.3) is 0 Å². The van der Waals surface area contributed by atoms with Gasteiger partial charge in [0.15, 0.2) is 0 Å². The second kappa shape index (κ2) is 7.25. The first-order valence-electron chi connectivity index (χ1n) is 28.6. The van der Waals surface area contributed by atoms with Gasteiger partial charge in [0.2, 0.25) is 0 Å². The van der Waals surface area contributed by atoms with Crippen LogP contribution in [0.2, 0.25) is 0 Å². The quantitative estimate of drug-likeness (QED) is 0.0525. The standard InChI is InChI=1S/C73H18NO3/c1-74(6-7-76-8-9-77-71(75)12-4-2-3-5-12)10-72-67-59-51-41-31-23-15-13-14-17-21-19(15)27-35-29(21)39-33-25(17)26-18(14)22-20-16(13)24(23)32-38-28(20)36-30(22)40-34(26)44-43(33)53-47(39)57-49(35)55(45(51)37(27)31)63(67)65(57)69-61(53)62-54(44)48(40)58-50(36)56-46(38)52(42(32)41)60(59)68(72)64(56)66(58)70(62)73(69,72)11-74/h2-4H,6-11H2,1H3/q+1. The molecule has 0 atom stereocenters. The third kappa shape index (κ3) is 1.80. The predicted molar refractivity (Wildman–Crippen MR) is 317 cm³/mol. The molecule has 34 rings (SSSR count). The molecule has 0 bridgehead atoms. The maximum Gasteiger partial charge on any atom is 0.346 e. The number of likely N-dealkylation sites (tertiary alicyclic amines) is 1. The number of nitrogens with zero attached hydrogens (tertiary/aromatic N) is 1. The molecule has 6 aliphatic rings. The summed E-state index contributed by atoms with van der Waals surface area (Å²) in [6.07, 6.45) is 5.39. The van der Waals surface area contributed by atoms with Crippen LogP contribution >= 0.6 is 0 Å². The number of esters is 1. The summed E-state index contributed by atoms with van der Waals surface area (Å²) >= 11 is 0. The first-order chi connectivity index (χ1) is 38.1. The molecule has 28 aromatic rings. The Balaban J connectivity index is 0.922. The third-order valence-electron chi connectivity index (χ3n) is 27.0. The zero-order valence-corrected chi connectivity index (χ0v) is 40.1. The Kier molecular flexibility index (Phi) is 2.88. The van der Waals surface area contributed by atoms with E-state index < -0.39 is 0 Å². The SMILES string of the molecule is C[N+]1(CCOCCOC(=O)C2=C=CC=C2)CC23c4c5c6c7c8c9c(c%10c%11c2c2c4c4c%12c5c5c6c6c8c8c%13c9c9c%10c%10c%11c%11c2c2c4c4c%12c%12c5c5c6c8c6c8c%13c9c9c%10c%10c%11c2c2c4c4c%12c5c6c5c8c9c%10c2c45)C73C1. The van der Waals surface area contributed by atoms with Gasteiger partial charge in [-0.1, -0.05) is 6.08 Å². The molecule has 0 N–H and O–H groups in total. The van der Waals surface area contributed by atoms with Crippen molar-refractivity contribution in [2.45, 2.75) is 10.8 Å². The molecule has 5 aliphatic carbocycles. The average molecular weight is 957 g/mol. The minimum absolute atomic E-state index is 0.247. The van der Waals surface area contributed by atoms with Crippen molar-refractivity contribution in [3.05, 3.63) is 51.8 Å². The van der Waals surface area contributed by atoms with Gasteiger partial charge in [0.1, 0.15) is 18.7 Å². The van der Waals surface area contributed by atoms with Gasteiger partial charge >= 0.3 is 5.97 Å². The molecule has 0 aromatic heterocycles. The highest BCUT2D eigenvalue weighted by molar-refractivity contribution is 6.82. The summed E-state index contributed by atoms with van der Waals surface area (Å²) in [5.41, 5.74) is 10.0. The molecular weight excluding hydrogens is 939 g/mol. The summed E-state index contributed by atoms with van der Waals surface area (Å²) in [7, 11) is 2.64. The van der Waals surface area contributed by atoms with Crippen LogP contribution in [0.25, 0.3) is 291 Å². The van der Waals surface area contributed by atoms with Crippen LogP contribution in [0, 0.1) is 0 Å². The molecule has 332 valence electrons. The highest BCUT2D eigenvalue weighted by Gasteiger charge is 2.76. The van der Waals surface area contributed by atoms with E-state index in [0.717, 1.165) is 24.1 Å². The van der Waals surface area contributed by atoms with E-state index in [4.69, 9.17) is 9.47 Å². The number of hydrogen-bond acceptors (Lipinski definition) is 3. The van der Waals surface area contributed by atoms with E-state index in [0.29, 0.717) is 18.8 Å². The monoisotopic (exact) mass is 956 g/mol. The first kappa shape index (κ1) is 30.6. The Morgan fingerprint density at radius 3 is 0.818 bits per heavy atom. The summed E-state index contributed by atoms with van der Waals surface area (Å²) in [4.78, 5) is 12.9. The molecule has 77 heavy (non-hydrogen) atoms. The molecule has 0 radical (unpaired) electrons. The number of carbonyl (C=O) groups is 1. The van der Waals surface area contributed by atoms with E-state index in [1.54, 1.807) is 325 Å². The predicted octanol–water partition coefficient (Wildman–Crippen LogP) is 17.0. The molecule has 28 aromatic carbocycles. The Labute approximate surface area is 422 Å². The number of ether oxygens (including phenoxy) is 2. The van der Waals surface area contributed by atoms with Crippen LogP contribution in [-0.2, 0) is 25.1 Å². The van der Waals surface area contributed by atoms with Gasteiger partial charge in [-0.25, -0.2) is 4.79 Å². The Bertz CT molecular complexity index is 7050. The molecule has 0 saturated carbocycles. The van der Waals surface area contributed by atoms with Gasteiger partial charge in [-0.05, 0) is 325 Å². The fourth-order valence-corrected chi connectivity index (χ4v) is 26.6. The zero-order valence-electron chi connectivity index (χ0n) is 40.1. The lowest BCUT2D eigenvalue weighted by atomic mass is 9.50. The van der Waals surface area contributed by atoms with E-state index >= 15 is 0 Å². The largest absolute Gasteiger partial charge is 0.459 e. The van der Waals surface area contributed by atoms with Crippen molar-refractivity contribution in [2.75, 3.05) is 46.5 Å². The molecule has 0 unspecified atom stereocenters. The van der Waals surface area contributed by atoms with E-state index in [1.165, 1.54) is 0 Å². The Morgan fingerprint density at radius 2 is 0.597 bits per heavy atom. The molecule has 1 aliphatic heterocycles. The highest BCUT2D eigenvalue weighted by atomic mass is 16.6. The lowest BCUT2D eigenvalue weighted by Crippen LogP contribution is -2.51. The molecule has 0 amide bonds. The van der Waals surface area contributed by atoms with Crippen molar-refractivity contribution >= 4 is 297 Å². The Morgan fingerprint density at radius 1 is 0.364 bits per heavy atom. The van der Waals surface area contributed by atoms with Crippen LogP contribution < -0.4 is 0 Å². The maximum atomic E-state index is 12.9. The van der Waals surface area contributed by atoms with Crippen molar-refractivity contribution in [3.8, 4) is 0 Å².